The van der Waals surface area contributed by atoms with Crippen LogP contribution in [-0.2, 0) is 9.59 Å². The number of carbonyl (C=O) groups excluding carboxylic acids is 12. The first kappa shape index (κ1) is 67.1. The molecule has 5 fully saturated rings. The molecule has 0 saturated heterocycles. The Morgan fingerprint density at radius 3 is 0.871 bits per heavy atom. The van der Waals surface area contributed by atoms with E-state index in [1.165, 1.54) is 55.6 Å². The third-order valence-electron chi connectivity index (χ3n) is 19.6. The lowest BCUT2D eigenvalue weighted by Crippen LogP contribution is -2.54. The average molecular weight is 1290 g/mol. The minimum Gasteiger partial charge on any atom is -0.359 e. The second-order valence-corrected chi connectivity index (χ2v) is 25.9. The summed E-state index contributed by atoms with van der Waals surface area (Å²) in [6.45, 7) is 0. The SMILES string of the molecule is CNC(=O)CCCC(=O)C1CC(NC(=O)c2cc3cc(c2)C(=O)N[C@@H]2CCCC[C@H]2NC(=O)c2cccc(c2)C(=O)N[C@@H]2CCCC[C@H]2NC3=O)[C@@H](NC(=O)c2cc3cc(c2)C(=O)N[C@@H]2CCCC[C@H]2NC(=O)c2cccc(c2)C(=O)N[C@@H]2CCCC[C@H]2NC3=O)C1.P. The molecule has 93 heavy (non-hydrogen) atoms. The van der Waals surface area contributed by atoms with Gasteiger partial charge in [-0.1, -0.05) is 63.5 Å². The zero-order valence-electron chi connectivity index (χ0n) is 52.4. The summed E-state index contributed by atoms with van der Waals surface area (Å²) in [7, 11) is 1.50. The normalized spacial score (nSPS) is 26.7. The van der Waals surface area contributed by atoms with Crippen LogP contribution in [0.1, 0.15) is 238 Å². The number of rotatable bonds is 9. The Hall–Kier alpha value is -8.85. The monoisotopic (exact) mass is 1290 g/mol. The van der Waals surface area contributed by atoms with Gasteiger partial charge in [0, 0.05) is 130 Å². The molecule has 0 spiro atoms. The Morgan fingerprint density at radius 2 is 0.613 bits per heavy atom. The first-order chi connectivity index (χ1) is 44.4. The van der Waals surface area contributed by atoms with Gasteiger partial charge in [0.25, 0.3) is 59.1 Å². The molecule has 12 atom stereocenters. The number of nitrogens with one attached hydrogen (secondary N) is 11. The summed E-state index contributed by atoms with van der Waals surface area (Å²) in [4.78, 5) is 170. The van der Waals surface area contributed by atoms with Crippen molar-refractivity contribution in [3.8, 4) is 0 Å². The van der Waals surface area contributed by atoms with Gasteiger partial charge < -0.3 is 58.5 Å². The Labute approximate surface area is 543 Å². The van der Waals surface area contributed by atoms with Gasteiger partial charge in [0.05, 0.1) is 12.1 Å². The van der Waals surface area contributed by atoms with E-state index in [1.807, 2.05) is 0 Å². The lowest BCUT2D eigenvalue weighted by atomic mass is 9.89. The third kappa shape index (κ3) is 16.3. The second-order valence-electron chi connectivity index (χ2n) is 25.9. The minimum absolute atomic E-state index is 0. The summed E-state index contributed by atoms with van der Waals surface area (Å²) < 4.78 is 0. The molecule has 492 valence electrons. The van der Waals surface area contributed by atoms with Crippen molar-refractivity contribution in [3.63, 3.8) is 0 Å². The van der Waals surface area contributed by atoms with E-state index in [-0.39, 0.29) is 109 Å². The van der Waals surface area contributed by atoms with Crippen molar-refractivity contribution in [3.05, 3.63) is 141 Å². The van der Waals surface area contributed by atoms with Crippen molar-refractivity contribution in [2.75, 3.05) is 7.05 Å². The fourth-order valence-electron chi connectivity index (χ4n) is 14.4. The van der Waals surface area contributed by atoms with Crippen LogP contribution in [0.2, 0.25) is 0 Å². The van der Waals surface area contributed by atoms with Crippen molar-refractivity contribution in [2.24, 2.45) is 5.92 Å². The van der Waals surface area contributed by atoms with Gasteiger partial charge in [-0.25, -0.2) is 0 Å². The Kier molecular flexibility index (Phi) is 21.8. The van der Waals surface area contributed by atoms with Crippen LogP contribution in [0.4, 0.5) is 0 Å². The lowest BCUT2D eigenvalue weighted by Gasteiger charge is -2.33. The van der Waals surface area contributed by atoms with Crippen LogP contribution >= 0.6 is 9.90 Å². The van der Waals surface area contributed by atoms with E-state index in [0.717, 1.165) is 51.4 Å². The molecule has 5 saturated carbocycles. The van der Waals surface area contributed by atoms with Crippen molar-refractivity contribution in [1.29, 1.82) is 0 Å². The van der Waals surface area contributed by atoms with Gasteiger partial charge in [0.15, 0.2) is 0 Å². The van der Waals surface area contributed by atoms with Crippen LogP contribution in [0.15, 0.2) is 84.9 Å². The van der Waals surface area contributed by atoms with Crippen molar-refractivity contribution >= 4 is 80.7 Å². The van der Waals surface area contributed by atoms with E-state index in [2.05, 4.69) is 58.5 Å². The quantitative estimate of drug-likeness (QED) is 0.0982. The predicted molar refractivity (Wildman–Crippen MR) is 349 cm³/mol. The second kappa shape index (κ2) is 30.3. The van der Waals surface area contributed by atoms with Crippen LogP contribution in [-0.4, -0.2) is 138 Å². The van der Waals surface area contributed by atoms with Gasteiger partial charge in [0.2, 0.25) is 5.91 Å². The Bertz CT molecular complexity index is 3210. The van der Waals surface area contributed by atoms with Crippen LogP contribution in [0.5, 0.6) is 0 Å². The van der Waals surface area contributed by atoms with E-state index < -0.39 is 125 Å². The van der Waals surface area contributed by atoms with Crippen molar-refractivity contribution < 1.29 is 57.5 Å². The molecule has 2 aliphatic heterocycles. The minimum atomic E-state index is -0.954. The first-order valence-corrected chi connectivity index (χ1v) is 32.8. The first-order valence-electron chi connectivity index (χ1n) is 32.8. The highest BCUT2D eigenvalue weighted by Crippen LogP contribution is 2.31. The third-order valence-corrected chi connectivity index (χ3v) is 19.6. The number of hydrogen-bond donors (Lipinski definition) is 11. The highest BCUT2D eigenvalue weighted by molar-refractivity contribution is 6.92. The summed E-state index contributed by atoms with van der Waals surface area (Å²) in [5, 5.41) is 33.2. The predicted octanol–water partition coefficient (Wildman–Crippen LogP) is 5.05. The molecule has 11 N–H and O–H groups in total. The fourth-order valence-corrected chi connectivity index (χ4v) is 14.4. The van der Waals surface area contributed by atoms with Crippen molar-refractivity contribution in [2.45, 2.75) is 195 Å². The van der Waals surface area contributed by atoms with E-state index in [4.69, 9.17) is 0 Å². The summed E-state index contributed by atoms with van der Waals surface area (Å²) in [5.74, 6) is -6.72. The number of fused-ring (bicyclic) bond motifs is 12. The molecule has 23 nitrogen and oxygen atoms in total. The van der Waals surface area contributed by atoms with E-state index in [1.54, 1.807) is 36.4 Å². The van der Waals surface area contributed by atoms with Gasteiger partial charge in [-0.3, -0.25) is 57.5 Å². The molecule has 5 aliphatic carbocycles. The Morgan fingerprint density at radius 1 is 0.366 bits per heavy atom. The molecule has 4 aromatic carbocycles. The van der Waals surface area contributed by atoms with Crippen LogP contribution in [0.25, 0.3) is 0 Å². The van der Waals surface area contributed by atoms with Crippen LogP contribution in [0, 0.1) is 5.92 Å². The largest absolute Gasteiger partial charge is 0.359 e. The van der Waals surface area contributed by atoms with Gasteiger partial charge in [-0.2, -0.15) is 9.90 Å². The molecule has 24 heteroatoms. The topological polar surface area (TPSA) is 337 Å². The zero-order valence-corrected chi connectivity index (χ0v) is 53.8. The van der Waals surface area contributed by atoms with Gasteiger partial charge >= 0.3 is 0 Å². The molecular formula is C69H84N11O12P. The number of amides is 11. The summed E-state index contributed by atoms with van der Waals surface area (Å²) >= 11 is 0. The number of benzene rings is 4. The summed E-state index contributed by atoms with van der Waals surface area (Å²) in [5.41, 5.74) is 0.788. The van der Waals surface area contributed by atoms with Crippen molar-refractivity contribution in [1.82, 2.24) is 58.5 Å². The highest BCUT2D eigenvalue weighted by atomic mass is 31.0. The molecule has 3 unspecified atom stereocenters. The highest BCUT2D eigenvalue weighted by Gasteiger charge is 2.41. The smallest absolute Gasteiger partial charge is 0.251 e. The number of carbonyl (C=O) groups is 12. The van der Waals surface area contributed by atoms with Gasteiger partial charge in [-0.05, 0) is 143 Å². The molecular weight excluding hydrogens is 1210 g/mol. The van der Waals surface area contributed by atoms with Gasteiger partial charge in [0.1, 0.15) is 5.78 Å². The maximum Gasteiger partial charge on any atom is 0.251 e. The molecule has 7 aliphatic rings. The summed E-state index contributed by atoms with van der Waals surface area (Å²) in [6.07, 6.45) is 10.8. The maximum atomic E-state index is 15.0. The van der Waals surface area contributed by atoms with E-state index >= 15 is 9.59 Å². The van der Waals surface area contributed by atoms with Gasteiger partial charge in [-0.15, -0.1) is 0 Å². The lowest BCUT2D eigenvalue weighted by molar-refractivity contribution is -0.123. The maximum absolute atomic E-state index is 15.0. The van der Waals surface area contributed by atoms with E-state index in [0.29, 0.717) is 51.4 Å². The number of hydrogen-bond acceptors (Lipinski definition) is 12. The fraction of sp³-hybridized carbons (Fsp3) is 0.478. The standard InChI is InChI=1S/C69H81N11O12.H3P/c1-70-59(82)26-12-25-58(81)41-35-56(79-68(91)46-31-42-29-43(32-46)65(88)76-53-22-7-3-18-49(53)72-61(84)38-14-10-13-37(27-38)60(83)71-48-17-2-6-21-52(48)75-64(42)87)57(36-41)80-69(92)47-33-44-30-45(34-47)67(90)78-55-24-9-5-20-51(55)74-63(86)40-16-11-15-39(28-40)62(85)73-50-19-4-8-23-54(50)77-66(44)89;/h10-11,13-16,27-34,41,48-57H,2-9,12,17-26,35-36H2,1H3,(H,70,82)(H,71,83)(H,72,84)(H,73,85)(H,74,86)(H,75,87)(H,76,88)(H,77,89)(H,78,90)(H,79,91)(H,80,92);1H3/t41?,48-,49-,50-,51-,52-,53-,54-,55-,56+,57?;/m1./s1. The van der Waals surface area contributed by atoms with E-state index in [9.17, 15) is 47.9 Å². The molecule has 2 heterocycles. The number of Topliss-reactive ketones (excluding diaryl/α,β-unsaturated/α-hetero) is 1. The molecule has 8 bridgehead atoms. The number of ketones is 1. The molecule has 11 amide bonds. The van der Waals surface area contributed by atoms with Crippen LogP contribution < -0.4 is 58.5 Å². The van der Waals surface area contributed by atoms with Crippen LogP contribution in [0.3, 0.4) is 0 Å². The molecule has 11 rings (SSSR count). The molecule has 0 radical (unpaired) electrons. The molecule has 4 aromatic rings. The Balaban J connectivity index is 0.00000946. The summed E-state index contributed by atoms with van der Waals surface area (Å²) in [6, 6.07) is 15.0. The zero-order chi connectivity index (χ0) is 64.6. The molecule has 0 aromatic heterocycles. The average Bonchev–Trinajstić information content (AvgIpc) is 1.79.